The first-order chi connectivity index (χ1) is 10.1. The summed E-state index contributed by atoms with van der Waals surface area (Å²) in [7, 11) is 0. The SMILES string of the molecule is Cc1ccc(C(=O)NCc2sccc2C#CCO)cc1F. The van der Waals surface area contributed by atoms with Crippen LogP contribution < -0.4 is 5.32 Å². The summed E-state index contributed by atoms with van der Waals surface area (Å²) >= 11 is 1.47. The van der Waals surface area contributed by atoms with Crippen molar-refractivity contribution >= 4 is 17.2 Å². The van der Waals surface area contributed by atoms with Crippen molar-refractivity contribution in [3.8, 4) is 11.8 Å². The van der Waals surface area contributed by atoms with E-state index in [1.165, 1.54) is 17.4 Å². The fraction of sp³-hybridized carbons (Fsp3) is 0.188. The van der Waals surface area contributed by atoms with E-state index in [9.17, 15) is 9.18 Å². The first kappa shape index (κ1) is 15.2. The quantitative estimate of drug-likeness (QED) is 0.856. The second kappa shape index (κ2) is 7.02. The third-order valence-corrected chi connectivity index (χ3v) is 3.81. The molecule has 2 N–H and O–H groups in total. The van der Waals surface area contributed by atoms with Gasteiger partial charge in [-0.2, -0.15) is 0 Å². The van der Waals surface area contributed by atoms with E-state index >= 15 is 0 Å². The average molecular weight is 303 g/mol. The number of carbonyl (C=O) groups is 1. The molecule has 0 saturated heterocycles. The molecule has 2 rings (SSSR count). The van der Waals surface area contributed by atoms with E-state index in [1.807, 2.05) is 11.4 Å². The van der Waals surface area contributed by atoms with Crippen LogP contribution in [0.15, 0.2) is 29.6 Å². The van der Waals surface area contributed by atoms with Crippen LogP contribution in [0.4, 0.5) is 4.39 Å². The Morgan fingerprint density at radius 1 is 1.43 bits per heavy atom. The minimum absolute atomic E-state index is 0.204. The van der Waals surface area contributed by atoms with Crippen molar-refractivity contribution in [3.05, 3.63) is 57.0 Å². The smallest absolute Gasteiger partial charge is 0.251 e. The number of amides is 1. The number of thiophene rings is 1. The molecule has 1 aromatic carbocycles. The lowest BCUT2D eigenvalue weighted by atomic mass is 10.1. The molecule has 1 heterocycles. The van der Waals surface area contributed by atoms with Crippen molar-refractivity contribution in [1.82, 2.24) is 5.32 Å². The molecule has 5 heteroatoms. The van der Waals surface area contributed by atoms with E-state index < -0.39 is 5.82 Å². The highest BCUT2D eigenvalue weighted by Gasteiger charge is 2.09. The highest BCUT2D eigenvalue weighted by molar-refractivity contribution is 7.10. The van der Waals surface area contributed by atoms with E-state index in [-0.39, 0.29) is 18.1 Å². The molecule has 0 unspecified atom stereocenters. The molecule has 2 aromatic rings. The fourth-order valence-corrected chi connectivity index (χ4v) is 2.49. The third-order valence-electron chi connectivity index (χ3n) is 2.89. The van der Waals surface area contributed by atoms with Crippen molar-refractivity contribution in [2.45, 2.75) is 13.5 Å². The molecule has 3 nitrogen and oxygen atoms in total. The van der Waals surface area contributed by atoms with Gasteiger partial charge in [0.2, 0.25) is 0 Å². The average Bonchev–Trinajstić information content (AvgIpc) is 2.92. The molecule has 21 heavy (non-hydrogen) atoms. The van der Waals surface area contributed by atoms with Crippen molar-refractivity contribution in [1.29, 1.82) is 0 Å². The zero-order valence-electron chi connectivity index (χ0n) is 11.4. The minimum atomic E-state index is -0.395. The van der Waals surface area contributed by atoms with Crippen LogP contribution in [0.1, 0.15) is 26.4 Å². The van der Waals surface area contributed by atoms with Gasteiger partial charge in [-0.1, -0.05) is 17.9 Å². The molecule has 1 amide bonds. The largest absolute Gasteiger partial charge is 0.384 e. The molecule has 0 radical (unpaired) electrons. The van der Waals surface area contributed by atoms with Gasteiger partial charge in [0.1, 0.15) is 12.4 Å². The van der Waals surface area contributed by atoms with Gasteiger partial charge in [-0.25, -0.2) is 4.39 Å². The van der Waals surface area contributed by atoms with Gasteiger partial charge in [-0.15, -0.1) is 11.3 Å². The topological polar surface area (TPSA) is 49.3 Å². The Labute approximate surface area is 126 Å². The molecule has 0 aliphatic carbocycles. The van der Waals surface area contributed by atoms with Crippen LogP contribution in [0, 0.1) is 24.6 Å². The van der Waals surface area contributed by atoms with Crippen molar-refractivity contribution in [2.24, 2.45) is 0 Å². The Balaban J connectivity index is 2.04. The van der Waals surface area contributed by atoms with E-state index in [1.54, 1.807) is 19.1 Å². The summed E-state index contributed by atoms with van der Waals surface area (Å²) in [6.07, 6.45) is 0. The maximum Gasteiger partial charge on any atom is 0.251 e. The van der Waals surface area contributed by atoms with Crippen molar-refractivity contribution in [2.75, 3.05) is 6.61 Å². The number of aliphatic hydroxyl groups is 1. The lowest BCUT2D eigenvalue weighted by Crippen LogP contribution is -2.22. The molecule has 1 aromatic heterocycles. The second-order valence-electron chi connectivity index (χ2n) is 4.36. The molecule has 0 bridgehead atoms. The predicted molar refractivity (Wildman–Crippen MR) is 80.6 cm³/mol. The fourth-order valence-electron chi connectivity index (χ4n) is 1.72. The Morgan fingerprint density at radius 3 is 2.95 bits per heavy atom. The van der Waals surface area contributed by atoms with Crippen LogP contribution in [-0.2, 0) is 6.54 Å². The molecule has 0 spiro atoms. The Bertz CT molecular complexity index is 713. The molecule has 108 valence electrons. The van der Waals surface area contributed by atoms with E-state index in [0.29, 0.717) is 12.1 Å². The zero-order chi connectivity index (χ0) is 15.2. The number of benzene rings is 1. The third kappa shape index (κ3) is 3.91. The van der Waals surface area contributed by atoms with Gasteiger partial charge in [0.15, 0.2) is 0 Å². The summed E-state index contributed by atoms with van der Waals surface area (Å²) in [6, 6.07) is 6.23. The highest BCUT2D eigenvalue weighted by Crippen LogP contribution is 2.16. The number of aryl methyl sites for hydroxylation is 1. The Hall–Kier alpha value is -2.16. The number of carbonyl (C=O) groups excluding carboxylic acids is 1. The Kier molecular flexibility index (Phi) is 5.09. The number of nitrogens with one attached hydrogen (secondary N) is 1. The molecule has 0 aliphatic rings. The molecule has 0 fully saturated rings. The van der Waals surface area contributed by atoms with Gasteiger partial charge in [0.05, 0.1) is 6.54 Å². The summed E-state index contributed by atoms with van der Waals surface area (Å²) in [5.41, 5.74) is 1.58. The standard InChI is InChI=1S/C16H14FNO2S/c1-11-4-5-13(9-14(11)17)16(20)18-10-15-12(3-2-7-19)6-8-21-15/h4-6,8-9,19H,7,10H2,1H3,(H,18,20). The van der Waals surface area contributed by atoms with Crippen LogP contribution in [0.3, 0.4) is 0 Å². The van der Waals surface area contributed by atoms with Crippen LogP contribution in [0.5, 0.6) is 0 Å². The van der Waals surface area contributed by atoms with Gasteiger partial charge < -0.3 is 10.4 Å². The van der Waals surface area contributed by atoms with Crippen LogP contribution in [0.2, 0.25) is 0 Å². The molecule has 0 atom stereocenters. The first-order valence-electron chi connectivity index (χ1n) is 6.32. The predicted octanol–water partition coefficient (Wildman–Crippen LogP) is 2.47. The lowest BCUT2D eigenvalue weighted by molar-refractivity contribution is 0.0951. The van der Waals surface area contributed by atoms with Crippen LogP contribution >= 0.6 is 11.3 Å². The summed E-state index contributed by atoms with van der Waals surface area (Å²) in [4.78, 5) is 12.9. The number of aliphatic hydroxyl groups excluding tert-OH is 1. The molecule has 0 aliphatic heterocycles. The second-order valence-corrected chi connectivity index (χ2v) is 5.36. The summed E-state index contributed by atoms with van der Waals surface area (Å²) in [5.74, 6) is 4.67. The van der Waals surface area contributed by atoms with E-state index in [4.69, 9.17) is 5.11 Å². The van der Waals surface area contributed by atoms with Gasteiger partial charge in [-0.3, -0.25) is 4.79 Å². The van der Waals surface area contributed by atoms with Gasteiger partial charge in [0, 0.05) is 16.0 Å². The summed E-state index contributed by atoms with van der Waals surface area (Å²) in [6.45, 7) is 1.76. The van der Waals surface area contributed by atoms with Gasteiger partial charge >= 0.3 is 0 Å². The summed E-state index contributed by atoms with van der Waals surface area (Å²) < 4.78 is 13.4. The number of hydrogen-bond donors (Lipinski definition) is 2. The highest BCUT2D eigenvalue weighted by atomic mass is 32.1. The Morgan fingerprint density at radius 2 is 2.24 bits per heavy atom. The first-order valence-corrected chi connectivity index (χ1v) is 7.20. The van der Waals surface area contributed by atoms with Gasteiger partial charge in [-0.05, 0) is 36.1 Å². The normalized spacial score (nSPS) is 9.86. The number of hydrogen-bond acceptors (Lipinski definition) is 3. The maximum absolute atomic E-state index is 13.4. The molecular formula is C16H14FNO2S. The minimum Gasteiger partial charge on any atom is -0.384 e. The molecular weight excluding hydrogens is 289 g/mol. The van der Waals surface area contributed by atoms with Crippen LogP contribution in [-0.4, -0.2) is 17.6 Å². The van der Waals surface area contributed by atoms with E-state index in [2.05, 4.69) is 17.2 Å². The monoisotopic (exact) mass is 303 g/mol. The molecule has 0 saturated carbocycles. The van der Waals surface area contributed by atoms with Crippen molar-refractivity contribution < 1.29 is 14.3 Å². The van der Waals surface area contributed by atoms with Crippen molar-refractivity contribution in [3.63, 3.8) is 0 Å². The number of halogens is 1. The lowest BCUT2D eigenvalue weighted by Gasteiger charge is -2.05. The van der Waals surface area contributed by atoms with Gasteiger partial charge in [0.25, 0.3) is 5.91 Å². The van der Waals surface area contributed by atoms with E-state index in [0.717, 1.165) is 10.4 Å². The zero-order valence-corrected chi connectivity index (χ0v) is 12.3. The van der Waals surface area contributed by atoms with Crippen LogP contribution in [0.25, 0.3) is 0 Å². The summed E-state index contributed by atoms with van der Waals surface area (Å²) in [5, 5.41) is 13.3. The maximum atomic E-state index is 13.4. The number of rotatable bonds is 3.